The summed E-state index contributed by atoms with van der Waals surface area (Å²) in [6.07, 6.45) is -0.496. The van der Waals surface area contributed by atoms with Crippen molar-refractivity contribution in [3.63, 3.8) is 0 Å². The predicted molar refractivity (Wildman–Crippen MR) is 106 cm³/mol. The van der Waals surface area contributed by atoms with Crippen LogP contribution in [0.5, 0.6) is 0 Å². The van der Waals surface area contributed by atoms with Gasteiger partial charge in [0.25, 0.3) is 0 Å². The average Bonchev–Trinajstić information content (AvgIpc) is 3.15. The van der Waals surface area contributed by atoms with Gasteiger partial charge in [-0.3, -0.25) is 9.89 Å². The smallest absolute Gasteiger partial charge is 0.356 e. The van der Waals surface area contributed by atoms with Gasteiger partial charge in [0, 0.05) is 31.2 Å². The molecule has 5 nitrogen and oxygen atoms in total. The Morgan fingerprint density at radius 1 is 1.44 bits per heavy atom. The Balaban J connectivity index is 0.00000312. The van der Waals surface area contributed by atoms with Crippen molar-refractivity contribution in [2.75, 3.05) is 33.2 Å². The summed E-state index contributed by atoms with van der Waals surface area (Å²) in [5.74, 6) is 0.856. The zero-order chi connectivity index (χ0) is 17.6. The summed E-state index contributed by atoms with van der Waals surface area (Å²) in [5.41, 5.74) is 0. The maximum absolute atomic E-state index is 12.4. The monoisotopic (exact) mass is 491 g/mol. The lowest BCUT2D eigenvalue weighted by Crippen LogP contribution is -2.40. The van der Waals surface area contributed by atoms with Crippen LogP contribution in [0.4, 0.5) is 13.2 Å². The van der Waals surface area contributed by atoms with E-state index in [1.54, 1.807) is 18.4 Å². The lowest BCUT2D eigenvalue weighted by molar-refractivity contribution is -0.143. The Morgan fingerprint density at radius 2 is 2.20 bits per heavy atom. The lowest BCUT2D eigenvalue weighted by Gasteiger charge is -2.18. The number of aryl methyl sites for hydroxylation is 1. The van der Waals surface area contributed by atoms with Gasteiger partial charge in [0.05, 0.1) is 13.1 Å². The summed E-state index contributed by atoms with van der Waals surface area (Å²) in [5, 5.41) is 7.38. The number of nitrogens with one attached hydrogen (secondary N) is 2. The van der Waals surface area contributed by atoms with Crippen molar-refractivity contribution in [2.24, 2.45) is 10.9 Å². The largest absolute Gasteiger partial charge is 0.401 e. The molecule has 0 spiro atoms. The van der Waals surface area contributed by atoms with Crippen LogP contribution in [-0.4, -0.2) is 55.2 Å². The van der Waals surface area contributed by atoms with Crippen molar-refractivity contribution in [3.8, 4) is 0 Å². The van der Waals surface area contributed by atoms with E-state index in [1.807, 2.05) is 6.20 Å². The molecule has 1 unspecified atom stereocenters. The molecule has 0 aliphatic carbocycles. The molecule has 1 aliphatic rings. The minimum absolute atomic E-state index is 0. The number of aliphatic imine (C=N–C) groups is 1. The van der Waals surface area contributed by atoms with Crippen LogP contribution in [0.15, 0.2) is 11.2 Å². The first kappa shape index (κ1) is 22.4. The Bertz CT molecular complexity index is 550. The highest BCUT2D eigenvalue weighted by Gasteiger charge is 2.34. The molecule has 0 radical (unpaired) electrons. The second-order valence-electron chi connectivity index (χ2n) is 5.89. The highest BCUT2D eigenvalue weighted by Crippen LogP contribution is 2.22. The second-order valence-corrected chi connectivity index (χ2v) is 7.09. The molecule has 0 aromatic carbocycles. The highest BCUT2D eigenvalue weighted by atomic mass is 127. The van der Waals surface area contributed by atoms with Gasteiger partial charge >= 0.3 is 6.18 Å². The number of aromatic nitrogens is 1. The third-order valence-electron chi connectivity index (χ3n) is 3.91. The number of rotatable bonds is 6. The fourth-order valence-corrected chi connectivity index (χ4v) is 3.49. The van der Waals surface area contributed by atoms with Crippen LogP contribution in [0.2, 0.25) is 0 Å². The van der Waals surface area contributed by atoms with Crippen LogP contribution in [0.1, 0.15) is 23.2 Å². The van der Waals surface area contributed by atoms with E-state index in [9.17, 15) is 13.2 Å². The Morgan fingerprint density at radius 3 is 2.80 bits per heavy atom. The van der Waals surface area contributed by atoms with Crippen LogP contribution < -0.4 is 10.6 Å². The van der Waals surface area contributed by atoms with Gasteiger partial charge < -0.3 is 10.6 Å². The van der Waals surface area contributed by atoms with E-state index in [0.717, 1.165) is 17.8 Å². The summed E-state index contributed by atoms with van der Waals surface area (Å²) in [4.78, 5) is 11.2. The zero-order valence-electron chi connectivity index (χ0n) is 14.4. The quantitative estimate of drug-likeness (QED) is 0.365. The molecule has 0 bridgehead atoms. The highest BCUT2D eigenvalue weighted by molar-refractivity contribution is 14.0. The molecule has 2 heterocycles. The molecule has 1 saturated heterocycles. The molecule has 1 atom stereocenters. The molecule has 1 aromatic heterocycles. The number of halogens is 4. The van der Waals surface area contributed by atoms with Gasteiger partial charge in [-0.2, -0.15) is 13.2 Å². The van der Waals surface area contributed by atoms with Crippen molar-refractivity contribution in [1.82, 2.24) is 20.5 Å². The zero-order valence-corrected chi connectivity index (χ0v) is 17.5. The minimum atomic E-state index is -4.12. The molecule has 1 fully saturated rings. The molecule has 2 N–H and O–H groups in total. The molecular formula is C15H25F3IN5S. The number of thiazole rings is 1. The van der Waals surface area contributed by atoms with E-state index in [2.05, 4.69) is 27.5 Å². The number of hydrogen-bond acceptors (Lipinski definition) is 4. The van der Waals surface area contributed by atoms with Gasteiger partial charge in [0.15, 0.2) is 5.96 Å². The molecule has 2 rings (SSSR count). The number of hydrogen-bond donors (Lipinski definition) is 2. The van der Waals surface area contributed by atoms with Crippen molar-refractivity contribution in [2.45, 2.75) is 32.5 Å². The van der Waals surface area contributed by atoms with Crippen LogP contribution in [0, 0.1) is 5.92 Å². The van der Waals surface area contributed by atoms with Gasteiger partial charge in [-0.15, -0.1) is 35.3 Å². The van der Waals surface area contributed by atoms with E-state index < -0.39 is 12.7 Å². The first-order valence-electron chi connectivity index (χ1n) is 8.06. The molecule has 1 aromatic rings. The van der Waals surface area contributed by atoms with Crippen LogP contribution in [0.25, 0.3) is 0 Å². The number of guanidine groups is 1. The van der Waals surface area contributed by atoms with Crippen LogP contribution >= 0.6 is 35.3 Å². The summed E-state index contributed by atoms with van der Waals surface area (Å²) in [6.45, 7) is 3.45. The van der Waals surface area contributed by atoms with E-state index in [-0.39, 0.29) is 29.9 Å². The first-order chi connectivity index (χ1) is 11.4. The van der Waals surface area contributed by atoms with Gasteiger partial charge in [-0.05, 0) is 25.3 Å². The average molecular weight is 491 g/mol. The van der Waals surface area contributed by atoms with E-state index in [0.29, 0.717) is 32.1 Å². The molecule has 10 heteroatoms. The van der Waals surface area contributed by atoms with Crippen molar-refractivity contribution in [3.05, 3.63) is 16.1 Å². The minimum Gasteiger partial charge on any atom is -0.356 e. The number of likely N-dealkylation sites (tertiary alicyclic amines) is 1. The molecule has 0 saturated carbocycles. The molecule has 1 aliphatic heterocycles. The standard InChI is InChI=1S/C15H24F3N5S.HI/c1-3-12-7-20-13(24-12)8-22-14(19-2)21-6-11-4-5-23(9-11)10-15(16,17)18;/h7,11H,3-6,8-10H2,1-2H3,(H2,19,21,22);1H. The van der Waals surface area contributed by atoms with Crippen LogP contribution in [0.3, 0.4) is 0 Å². The maximum atomic E-state index is 12.4. The van der Waals surface area contributed by atoms with Gasteiger partial charge in [-0.1, -0.05) is 6.92 Å². The van der Waals surface area contributed by atoms with Gasteiger partial charge in [0.1, 0.15) is 5.01 Å². The fourth-order valence-electron chi connectivity index (χ4n) is 2.69. The normalized spacial score (nSPS) is 18.9. The Labute approximate surface area is 167 Å². The summed E-state index contributed by atoms with van der Waals surface area (Å²) in [7, 11) is 1.68. The predicted octanol–water partition coefficient (Wildman–Crippen LogP) is 2.87. The van der Waals surface area contributed by atoms with Crippen molar-refractivity contribution >= 4 is 41.3 Å². The van der Waals surface area contributed by atoms with Crippen molar-refractivity contribution < 1.29 is 13.2 Å². The first-order valence-corrected chi connectivity index (χ1v) is 8.88. The van der Waals surface area contributed by atoms with Gasteiger partial charge in [0.2, 0.25) is 0 Å². The summed E-state index contributed by atoms with van der Waals surface area (Å²) < 4.78 is 37.2. The topological polar surface area (TPSA) is 52.6 Å². The summed E-state index contributed by atoms with van der Waals surface area (Å²) in [6, 6.07) is 0. The molecule has 0 amide bonds. The molecule has 144 valence electrons. The second kappa shape index (κ2) is 10.5. The van der Waals surface area contributed by atoms with Gasteiger partial charge in [-0.25, -0.2) is 4.98 Å². The van der Waals surface area contributed by atoms with Crippen molar-refractivity contribution in [1.29, 1.82) is 0 Å². The molecular weight excluding hydrogens is 466 g/mol. The fraction of sp³-hybridized carbons (Fsp3) is 0.733. The third-order valence-corrected chi connectivity index (χ3v) is 5.05. The summed E-state index contributed by atoms with van der Waals surface area (Å²) >= 11 is 1.66. The lowest BCUT2D eigenvalue weighted by atomic mass is 10.1. The Kier molecular flexibility index (Phi) is 9.43. The number of nitrogens with zero attached hydrogens (tertiary/aromatic N) is 3. The SMILES string of the molecule is CCc1cnc(CNC(=NC)NCC2CCN(CC(F)(F)F)C2)s1.I. The van der Waals surface area contributed by atoms with E-state index in [1.165, 1.54) is 9.78 Å². The van der Waals surface area contributed by atoms with E-state index >= 15 is 0 Å². The maximum Gasteiger partial charge on any atom is 0.401 e. The van der Waals surface area contributed by atoms with E-state index in [4.69, 9.17) is 0 Å². The van der Waals surface area contributed by atoms with Crippen LogP contribution in [-0.2, 0) is 13.0 Å². The third kappa shape index (κ3) is 8.07. The molecule has 25 heavy (non-hydrogen) atoms. The number of alkyl halides is 3. The Hall–Kier alpha value is -0.620.